The van der Waals surface area contributed by atoms with Gasteiger partial charge in [-0.15, -0.1) is 0 Å². The number of H-pyrrole nitrogens is 1. The molecule has 0 amide bonds. The highest BCUT2D eigenvalue weighted by Gasteiger charge is 2.05. The van der Waals surface area contributed by atoms with Gasteiger partial charge in [-0.2, -0.15) is 5.10 Å². The average molecular weight is 281 g/mol. The molecule has 16 heavy (non-hydrogen) atoms. The number of aromatic nitrogens is 3. The Morgan fingerprint density at radius 3 is 2.81 bits per heavy atom. The Kier molecular flexibility index (Phi) is 3.24. The number of aromatic amines is 1. The summed E-state index contributed by atoms with van der Waals surface area (Å²) in [6, 6.07) is 2.05. The molecule has 0 atom stereocenters. The van der Waals surface area contributed by atoms with E-state index in [0.717, 1.165) is 33.7 Å². The van der Waals surface area contributed by atoms with Crippen LogP contribution in [0.5, 0.6) is 0 Å². The first-order chi connectivity index (χ1) is 7.66. The largest absolute Gasteiger partial charge is 0.378 e. The van der Waals surface area contributed by atoms with Crippen LogP contribution in [0.4, 0.5) is 5.69 Å². The summed E-state index contributed by atoms with van der Waals surface area (Å²) in [5.41, 5.74) is 4.25. The molecule has 2 aromatic heterocycles. The zero-order valence-electron chi connectivity index (χ0n) is 9.21. The zero-order valence-corrected chi connectivity index (χ0v) is 10.8. The zero-order chi connectivity index (χ0) is 11.5. The fourth-order valence-corrected chi connectivity index (χ4v) is 1.97. The van der Waals surface area contributed by atoms with Gasteiger partial charge in [-0.25, -0.2) is 0 Å². The molecule has 2 rings (SSSR count). The molecule has 2 heterocycles. The SMILES string of the molecule is Cc1n[nH]c(C)c1NCc1cncc(Br)c1. The molecule has 84 valence electrons. The summed E-state index contributed by atoms with van der Waals surface area (Å²) in [6.07, 6.45) is 3.63. The van der Waals surface area contributed by atoms with E-state index in [0.29, 0.717) is 0 Å². The normalized spacial score (nSPS) is 10.4. The smallest absolute Gasteiger partial charge is 0.0825 e. The van der Waals surface area contributed by atoms with Crippen LogP contribution in [0.15, 0.2) is 22.9 Å². The molecule has 0 unspecified atom stereocenters. The van der Waals surface area contributed by atoms with Crippen molar-refractivity contribution in [3.63, 3.8) is 0 Å². The van der Waals surface area contributed by atoms with Crippen molar-refractivity contribution >= 4 is 21.6 Å². The van der Waals surface area contributed by atoms with Crippen molar-refractivity contribution in [1.82, 2.24) is 15.2 Å². The first-order valence-corrected chi connectivity index (χ1v) is 5.81. The van der Waals surface area contributed by atoms with E-state index in [4.69, 9.17) is 0 Å². The maximum absolute atomic E-state index is 4.13. The molecule has 5 heteroatoms. The minimum absolute atomic E-state index is 0.744. The standard InChI is InChI=1S/C11H13BrN4/c1-7-11(8(2)16-15-7)14-5-9-3-10(12)6-13-4-9/h3-4,6,14H,5H2,1-2H3,(H,15,16). The van der Waals surface area contributed by atoms with Gasteiger partial charge in [0, 0.05) is 23.4 Å². The third-order valence-electron chi connectivity index (χ3n) is 2.36. The second-order valence-corrected chi connectivity index (χ2v) is 4.59. The second-order valence-electron chi connectivity index (χ2n) is 3.67. The van der Waals surface area contributed by atoms with Crippen molar-refractivity contribution in [2.45, 2.75) is 20.4 Å². The molecule has 2 N–H and O–H groups in total. The van der Waals surface area contributed by atoms with Gasteiger partial charge in [-0.1, -0.05) is 0 Å². The molecule has 0 aromatic carbocycles. The lowest BCUT2D eigenvalue weighted by Gasteiger charge is -2.06. The van der Waals surface area contributed by atoms with Crippen LogP contribution in [0.25, 0.3) is 0 Å². The third-order valence-corrected chi connectivity index (χ3v) is 2.79. The van der Waals surface area contributed by atoms with E-state index in [2.05, 4.69) is 36.4 Å². The molecule has 0 fully saturated rings. The van der Waals surface area contributed by atoms with Gasteiger partial charge in [0.15, 0.2) is 0 Å². The van der Waals surface area contributed by atoms with Crippen molar-refractivity contribution in [2.75, 3.05) is 5.32 Å². The van der Waals surface area contributed by atoms with Gasteiger partial charge in [0.1, 0.15) is 0 Å². The van der Waals surface area contributed by atoms with Gasteiger partial charge in [0.2, 0.25) is 0 Å². The highest BCUT2D eigenvalue weighted by molar-refractivity contribution is 9.10. The number of rotatable bonds is 3. The Morgan fingerprint density at radius 1 is 1.38 bits per heavy atom. The van der Waals surface area contributed by atoms with Crippen LogP contribution in [0.1, 0.15) is 17.0 Å². The maximum atomic E-state index is 4.13. The van der Waals surface area contributed by atoms with E-state index in [1.165, 1.54) is 0 Å². The van der Waals surface area contributed by atoms with Crippen LogP contribution in [0, 0.1) is 13.8 Å². The predicted octanol–water partition coefficient (Wildman–Crippen LogP) is 2.80. The number of pyridine rings is 1. The van der Waals surface area contributed by atoms with Gasteiger partial charge in [0.25, 0.3) is 0 Å². The van der Waals surface area contributed by atoms with Gasteiger partial charge in [-0.3, -0.25) is 10.1 Å². The van der Waals surface area contributed by atoms with E-state index in [1.54, 1.807) is 6.20 Å². The van der Waals surface area contributed by atoms with Crippen LogP contribution in [-0.2, 0) is 6.54 Å². The van der Waals surface area contributed by atoms with E-state index >= 15 is 0 Å². The monoisotopic (exact) mass is 280 g/mol. The molecule has 0 spiro atoms. The van der Waals surface area contributed by atoms with Crippen molar-refractivity contribution in [3.05, 3.63) is 39.9 Å². The van der Waals surface area contributed by atoms with Crippen LogP contribution < -0.4 is 5.32 Å². The molecule has 0 saturated heterocycles. The minimum Gasteiger partial charge on any atom is -0.378 e. The van der Waals surface area contributed by atoms with Crippen molar-refractivity contribution < 1.29 is 0 Å². The number of anilines is 1. The quantitative estimate of drug-likeness (QED) is 0.909. The summed E-state index contributed by atoms with van der Waals surface area (Å²) in [5.74, 6) is 0. The molecule has 0 radical (unpaired) electrons. The van der Waals surface area contributed by atoms with E-state index < -0.39 is 0 Å². The topological polar surface area (TPSA) is 53.6 Å². The highest BCUT2D eigenvalue weighted by Crippen LogP contribution is 2.17. The van der Waals surface area contributed by atoms with E-state index in [-0.39, 0.29) is 0 Å². The van der Waals surface area contributed by atoms with Gasteiger partial charge in [0.05, 0.1) is 17.1 Å². The highest BCUT2D eigenvalue weighted by atomic mass is 79.9. The number of halogens is 1. The molecule has 0 bridgehead atoms. The van der Waals surface area contributed by atoms with Gasteiger partial charge < -0.3 is 5.32 Å². The molecule has 0 aliphatic rings. The maximum Gasteiger partial charge on any atom is 0.0825 e. The number of nitrogens with one attached hydrogen (secondary N) is 2. The Balaban J connectivity index is 2.08. The van der Waals surface area contributed by atoms with Crippen LogP contribution in [-0.4, -0.2) is 15.2 Å². The molecule has 0 saturated carbocycles. The Morgan fingerprint density at radius 2 is 2.19 bits per heavy atom. The predicted molar refractivity (Wildman–Crippen MR) is 67.3 cm³/mol. The van der Waals surface area contributed by atoms with Crippen LogP contribution in [0.2, 0.25) is 0 Å². The van der Waals surface area contributed by atoms with Crippen molar-refractivity contribution in [3.8, 4) is 0 Å². The molecular formula is C11H13BrN4. The summed E-state index contributed by atoms with van der Waals surface area (Å²) in [5, 5.41) is 10.4. The molecular weight excluding hydrogens is 268 g/mol. The van der Waals surface area contributed by atoms with E-state index in [1.807, 2.05) is 26.1 Å². The lowest BCUT2D eigenvalue weighted by atomic mass is 10.2. The molecule has 0 aliphatic heterocycles. The summed E-state index contributed by atoms with van der Waals surface area (Å²) in [4.78, 5) is 4.12. The van der Waals surface area contributed by atoms with Gasteiger partial charge in [-0.05, 0) is 41.4 Å². The first kappa shape index (κ1) is 11.1. The number of aryl methyl sites for hydroxylation is 2. The van der Waals surface area contributed by atoms with Crippen molar-refractivity contribution in [1.29, 1.82) is 0 Å². The number of nitrogens with zero attached hydrogens (tertiary/aromatic N) is 2. The van der Waals surface area contributed by atoms with Crippen LogP contribution in [0.3, 0.4) is 0 Å². The fraction of sp³-hybridized carbons (Fsp3) is 0.273. The summed E-state index contributed by atoms with van der Waals surface area (Å²) >= 11 is 3.40. The lowest BCUT2D eigenvalue weighted by molar-refractivity contribution is 1.02. The fourth-order valence-electron chi connectivity index (χ4n) is 1.55. The van der Waals surface area contributed by atoms with Crippen LogP contribution >= 0.6 is 15.9 Å². The Hall–Kier alpha value is -1.36. The first-order valence-electron chi connectivity index (χ1n) is 5.01. The van der Waals surface area contributed by atoms with E-state index in [9.17, 15) is 0 Å². The minimum atomic E-state index is 0.744. The third kappa shape index (κ3) is 2.41. The average Bonchev–Trinajstić information content (AvgIpc) is 2.56. The van der Waals surface area contributed by atoms with Gasteiger partial charge >= 0.3 is 0 Å². The number of hydrogen-bond acceptors (Lipinski definition) is 3. The Bertz CT molecular complexity index is 473. The summed E-state index contributed by atoms with van der Waals surface area (Å²) < 4.78 is 0.993. The lowest BCUT2D eigenvalue weighted by Crippen LogP contribution is -2.01. The second kappa shape index (κ2) is 4.65. The van der Waals surface area contributed by atoms with Crippen molar-refractivity contribution in [2.24, 2.45) is 0 Å². The Labute approximate surface area is 103 Å². The molecule has 2 aromatic rings. The summed E-state index contributed by atoms with van der Waals surface area (Å²) in [6.45, 7) is 4.72. The number of hydrogen-bond donors (Lipinski definition) is 2. The summed E-state index contributed by atoms with van der Waals surface area (Å²) in [7, 11) is 0. The molecule has 4 nitrogen and oxygen atoms in total. The molecule has 0 aliphatic carbocycles.